The molecular weight excluding hydrogens is 361 g/mol. The number of nitrogens with zero attached hydrogens (tertiary/aromatic N) is 1. The van der Waals surface area contributed by atoms with E-state index in [9.17, 15) is 17.6 Å². The third-order valence-corrected chi connectivity index (χ3v) is 5.19. The molecule has 1 aliphatic heterocycles. The van der Waals surface area contributed by atoms with Crippen molar-refractivity contribution < 1.29 is 17.6 Å². The Bertz CT molecular complexity index is 629. The highest BCUT2D eigenvalue weighted by Gasteiger charge is 2.26. The standard InChI is InChI=1S/C11H10BrClFNO3S/c12-8-6-9(14)7(5-10(8)19(13,17)18)11(16)15-3-1-2-4-15/h5-6H,1-4H2. The summed E-state index contributed by atoms with van der Waals surface area (Å²) in [4.78, 5) is 13.3. The molecule has 0 atom stereocenters. The second kappa shape index (κ2) is 5.38. The van der Waals surface area contributed by atoms with Gasteiger partial charge in [0.25, 0.3) is 15.0 Å². The van der Waals surface area contributed by atoms with Gasteiger partial charge in [0.2, 0.25) is 0 Å². The maximum atomic E-state index is 13.8. The van der Waals surface area contributed by atoms with Crippen molar-refractivity contribution in [2.75, 3.05) is 13.1 Å². The molecule has 1 aromatic rings. The maximum absolute atomic E-state index is 13.8. The second-order valence-corrected chi connectivity index (χ2v) is 7.59. The number of carbonyl (C=O) groups is 1. The van der Waals surface area contributed by atoms with Crippen LogP contribution in [-0.4, -0.2) is 32.3 Å². The van der Waals surface area contributed by atoms with Gasteiger partial charge in [-0.1, -0.05) is 0 Å². The lowest BCUT2D eigenvalue weighted by atomic mass is 10.2. The molecule has 104 valence electrons. The van der Waals surface area contributed by atoms with Crippen molar-refractivity contribution in [2.45, 2.75) is 17.7 Å². The minimum absolute atomic E-state index is 0.00188. The van der Waals surface area contributed by atoms with Crippen molar-refractivity contribution in [3.63, 3.8) is 0 Å². The molecule has 0 aromatic heterocycles. The molecular formula is C11H10BrClFNO3S. The van der Waals surface area contributed by atoms with Crippen molar-refractivity contribution in [3.05, 3.63) is 28.0 Å². The van der Waals surface area contributed by atoms with E-state index in [1.807, 2.05) is 0 Å². The average molecular weight is 371 g/mol. The first-order chi connectivity index (χ1) is 8.80. The molecule has 8 heteroatoms. The molecule has 1 aromatic carbocycles. The number of carbonyl (C=O) groups excluding carboxylic acids is 1. The Hall–Kier alpha value is -0.660. The SMILES string of the molecule is O=C(c1cc(S(=O)(=O)Cl)c(Br)cc1F)N1CCCC1. The monoisotopic (exact) mass is 369 g/mol. The molecule has 1 amide bonds. The molecule has 1 heterocycles. The van der Waals surface area contributed by atoms with E-state index >= 15 is 0 Å². The van der Waals surface area contributed by atoms with E-state index in [1.54, 1.807) is 0 Å². The van der Waals surface area contributed by atoms with Gasteiger partial charge in [0.1, 0.15) is 5.82 Å². The molecule has 0 unspecified atom stereocenters. The van der Waals surface area contributed by atoms with Gasteiger partial charge < -0.3 is 4.90 Å². The molecule has 1 fully saturated rings. The number of benzene rings is 1. The molecule has 4 nitrogen and oxygen atoms in total. The van der Waals surface area contributed by atoms with Crippen LogP contribution in [0.2, 0.25) is 0 Å². The summed E-state index contributed by atoms with van der Waals surface area (Å²) in [6, 6.07) is 1.92. The second-order valence-electron chi connectivity index (χ2n) is 4.20. The van der Waals surface area contributed by atoms with Crippen molar-refractivity contribution in [2.24, 2.45) is 0 Å². The summed E-state index contributed by atoms with van der Waals surface area (Å²) in [5.74, 6) is -1.28. The number of halogens is 3. The Morgan fingerprint density at radius 1 is 1.32 bits per heavy atom. The van der Waals surface area contributed by atoms with Crippen LogP contribution >= 0.6 is 26.6 Å². The molecule has 0 saturated carbocycles. The minimum atomic E-state index is -4.04. The van der Waals surface area contributed by atoms with Gasteiger partial charge in [0.15, 0.2) is 0 Å². The Labute approximate surface area is 123 Å². The zero-order valence-corrected chi connectivity index (χ0v) is 12.9. The summed E-state index contributed by atoms with van der Waals surface area (Å²) < 4.78 is 36.5. The molecule has 0 radical (unpaired) electrons. The van der Waals surface area contributed by atoms with Crippen LogP contribution in [0.1, 0.15) is 23.2 Å². The van der Waals surface area contributed by atoms with Gasteiger partial charge in [-0.2, -0.15) is 0 Å². The van der Waals surface area contributed by atoms with Crippen molar-refractivity contribution in [3.8, 4) is 0 Å². The molecule has 1 aliphatic rings. The summed E-state index contributed by atoms with van der Waals surface area (Å²) in [6.07, 6.45) is 1.73. The van der Waals surface area contributed by atoms with E-state index in [1.165, 1.54) is 4.90 Å². The first-order valence-electron chi connectivity index (χ1n) is 5.53. The largest absolute Gasteiger partial charge is 0.339 e. The van der Waals surface area contributed by atoms with Gasteiger partial charge in [-0.25, -0.2) is 12.8 Å². The molecule has 2 rings (SSSR count). The van der Waals surface area contributed by atoms with Gasteiger partial charge in [-0.3, -0.25) is 4.79 Å². The summed E-state index contributed by atoms with van der Waals surface area (Å²) >= 11 is 2.92. The van der Waals surface area contributed by atoms with E-state index in [4.69, 9.17) is 10.7 Å². The lowest BCUT2D eigenvalue weighted by Gasteiger charge is -2.16. The highest BCUT2D eigenvalue weighted by Crippen LogP contribution is 2.29. The average Bonchev–Trinajstić information content (AvgIpc) is 2.79. The molecule has 0 N–H and O–H groups in total. The van der Waals surface area contributed by atoms with Crippen LogP contribution in [-0.2, 0) is 9.05 Å². The normalized spacial score (nSPS) is 15.8. The molecule has 0 spiro atoms. The smallest absolute Gasteiger partial charge is 0.262 e. The summed E-state index contributed by atoms with van der Waals surface area (Å²) in [6.45, 7) is 1.11. The van der Waals surface area contributed by atoms with Crippen molar-refractivity contribution >= 4 is 41.6 Å². The van der Waals surface area contributed by atoms with Crippen LogP contribution in [0, 0.1) is 5.82 Å². The number of amides is 1. The Kier molecular flexibility index (Phi) is 4.17. The molecule has 0 aliphatic carbocycles. The molecule has 1 saturated heterocycles. The van der Waals surface area contributed by atoms with E-state index in [2.05, 4.69) is 15.9 Å². The lowest BCUT2D eigenvalue weighted by Crippen LogP contribution is -2.28. The molecule has 19 heavy (non-hydrogen) atoms. The fourth-order valence-corrected chi connectivity index (χ4v) is 4.14. The zero-order chi connectivity index (χ0) is 14.2. The third kappa shape index (κ3) is 3.09. The van der Waals surface area contributed by atoms with Crippen LogP contribution in [0.4, 0.5) is 4.39 Å². The van der Waals surface area contributed by atoms with Gasteiger partial charge in [0, 0.05) is 28.2 Å². The lowest BCUT2D eigenvalue weighted by molar-refractivity contribution is 0.0788. The third-order valence-electron chi connectivity index (χ3n) is 2.91. The highest BCUT2D eigenvalue weighted by molar-refractivity contribution is 9.10. The summed E-state index contributed by atoms with van der Waals surface area (Å²) in [5.41, 5.74) is -0.274. The Morgan fingerprint density at radius 2 is 1.89 bits per heavy atom. The van der Waals surface area contributed by atoms with Crippen LogP contribution in [0.5, 0.6) is 0 Å². The predicted molar refractivity (Wildman–Crippen MR) is 72.3 cm³/mol. The zero-order valence-electron chi connectivity index (χ0n) is 9.70. The quantitative estimate of drug-likeness (QED) is 0.752. The first-order valence-corrected chi connectivity index (χ1v) is 8.64. The number of rotatable bonds is 2. The van der Waals surface area contributed by atoms with E-state index < -0.39 is 20.8 Å². The van der Waals surface area contributed by atoms with Crippen molar-refractivity contribution in [1.29, 1.82) is 0 Å². The Morgan fingerprint density at radius 3 is 2.42 bits per heavy atom. The van der Waals surface area contributed by atoms with Crippen LogP contribution in [0.25, 0.3) is 0 Å². The summed E-state index contributed by atoms with van der Waals surface area (Å²) in [5, 5.41) is 0. The van der Waals surface area contributed by atoms with Gasteiger partial charge in [-0.15, -0.1) is 0 Å². The van der Waals surface area contributed by atoms with Gasteiger partial charge >= 0.3 is 0 Å². The minimum Gasteiger partial charge on any atom is -0.339 e. The number of hydrogen-bond donors (Lipinski definition) is 0. The van der Waals surface area contributed by atoms with Crippen LogP contribution in [0.3, 0.4) is 0 Å². The van der Waals surface area contributed by atoms with E-state index in [0.29, 0.717) is 13.1 Å². The maximum Gasteiger partial charge on any atom is 0.262 e. The number of likely N-dealkylation sites (tertiary alicyclic amines) is 1. The highest BCUT2D eigenvalue weighted by atomic mass is 79.9. The van der Waals surface area contributed by atoms with Crippen molar-refractivity contribution in [1.82, 2.24) is 4.90 Å². The van der Waals surface area contributed by atoms with Gasteiger partial charge in [0.05, 0.1) is 10.5 Å². The van der Waals surface area contributed by atoms with E-state index in [-0.39, 0.29) is 14.9 Å². The fourth-order valence-electron chi connectivity index (χ4n) is 1.97. The predicted octanol–water partition coefficient (Wildman–Crippen LogP) is 2.75. The van der Waals surface area contributed by atoms with Crippen LogP contribution < -0.4 is 0 Å². The Balaban J connectivity index is 2.48. The fraction of sp³-hybridized carbons (Fsp3) is 0.364. The first kappa shape index (κ1) is 14.7. The number of hydrogen-bond acceptors (Lipinski definition) is 3. The van der Waals surface area contributed by atoms with Gasteiger partial charge in [-0.05, 0) is 40.9 Å². The summed E-state index contributed by atoms with van der Waals surface area (Å²) in [7, 11) is 1.21. The van der Waals surface area contributed by atoms with Crippen LogP contribution in [0.15, 0.2) is 21.5 Å². The van der Waals surface area contributed by atoms with E-state index in [0.717, 1.165) is 25.0 Å². The molecule has 0 bridgehead atoms. The topological polar surface area (TPSA) is 54.5 Å².